The van der Waals surface area contributed by atoms with Crippen molar-refractivity contribution in [1.29, 1.82) is 0 Å². The maximum absolute atomic E-state index is 13.1. The lowest BCUT2D eigenvalue weighted by Crippen LogP contribution is -2.24. The first-order chi connectivity index (χ1) is 16.4. The van der Waals surface area contributed by atoms with Gasteiger partial charge in [-0.2, -0.15) is 0 Å². The van der Waals surface area contributed by atoms with Crippen LogP contribution >= 0.6 is 0 Å². The van der Waals surface area contributed by atoms with Crippen LogP contribution in [0.2, 0.25) is 0 Å². The third-order valence-electron chi connectivity index (χ3n) is 7.19. The van der Waals surface area contributed by atoms with Crippen LogP contribution in [0.15, 0.2) is 66.7 Å². The third kappa shape index (κ3) is 4.25. The standard InChI is InChI=1S/C30H33N3O/c1-5-22(4)24-12-10-23(11-13-24)18-33-28-9-7-6-8-27(28)31-30(33)25-17-29(34)32(19-25)26-15-20(2)14-21(3)16-26/h6-16,22,25H,5,17-19H2,1-4H3. The van der Waals surface area contributed by atoms with Gasteiger partial charge in [-0.25, -0.2) is 4.98 Å². The Hall–Kier alpha value is -3.40. The number of benzene rings is 3. The molecule has 174 valence electrons. The lowest BCUT2D eigenvalue weighted by Gasteiger charge is -2.19. The van der Waals surface area contributed by atoms with Gasteiger partial charge in [-0.05, 0) is 72.7 Å². The summed E-state index contributed by atoms with van der Waals surface area (Å²) in [7, 11) is 0. The molecule has 0 bridgehead atoms. The van der Waals surface area contributed by atoms with Crippen LogP contribution in [-0.2, 0) is 11.3 Å². The van der Waals surface area contributed by atoms with Crippen LogP contribution in [0.5, 0.6) is 0 Å². The van der Waals surface area contributed by atoms with Crippen molar-refractivity contribution < 1.29 is 4.79 Å². The zero-order chi connectivity index (χ0) is 23.8. The summed E-state index contributed by atoms with van der Waals surface area (Å²) in [4.78, 5) is 20.1. The molecule has 1 aromatic heterocycles. The number of aryl methyl sites for hydroxylation is 2. The average Bonchev–Trinajstić information content (AvgIpc) is 3.39. The van der Waals surface area contributed by atoms with Gasteiger partial charge in [0, 0.05) is 31.1 Å². The largest absolute Gasteiger partial charge is 0.323 e. The summed E-state index contributed by atoms with van der Waals surface area (Å²) >= 11 is 0. The van der Waals surface area contributed by atoms with Crippen molar-refractivity contribution in [3.63, 3.8) is 0 Å². The molecule has 4 aromatic rings. The van der Waals surface area contributed by atoms with E-state index in [0.29, 0.717) is 18.9 Å². The number of nitrogens with zero attached hydrogens (tertiary/aromatic N) is 3. The molecule has 0 N–H and O–H groups in total. The Labute approximate surface area is 202 Å². The highest BCUT2D eigenvalue weighted by Crippen LogP contribution is 2.34. The highest BCUT2D eigenvalue weighted by atomic mass is 16.2. The molecular weight excluding hydrogens is 418 g/mol. The zero-order valence-electron chi connectivity index (χ0n) is 20.6. The van der Waals surface area contributed by atoms with E-state index >= 15 is 0 Å². The predicted octanol–water partition coefficient (Wildman–Crippen LogP) is 6.74. The molecule has 2 atom stereocenters. The fraction of sp³-hybridized carbons (Fsp3) is 0.333. The first-order valence-corrected chi connectivity index (χ1v) is 12.4. The van der Waals surface area contributed by atoms with Gasteiger partial charge in [0.2, 0.25) is 5.91 Å². The van der Waals surface area contributed by atoms with Gasteiger partial charge >= 0.3 is 0 Å². The van der Waals surface area contributed by atoms with Crippen molar-refractivity contribution in [3.05, 3.63) is 94.8 Å². The Morgan fingerprint density at radius 2 is 1.71 bits per heavy atom. The molecule has 1 aliphatic rings. The van der Waals surface area contributed by atoms with Gasteiger partial charge in [0.05, 0.1) is 11.0 Å². The van der Waals surface area contributed by atoms with Crippen molar-refractivity contribution >= 4 is 22.6 Å². The molecule has 3 aromatic carbocycles. The number of para-hydroxylation sites is 2. The summed E-state index contributed by atoms with van der Waals surface area (Å²) in [5, 5.41) is 0. The minimum atomic E-state index is 0.0695. The molecule has 0 radical (unpaired) electrons. The second kappa shape index (κ2) is 9.09. The highest BCUT2D eigenvalue weighted by Gasteiger charge is 2.35. The maximum Gasteiger partial charge on any atom is 0.227 e. The Morgan fingerprint density at radius 3 is 2.41 bits per heavy atom. The van der Waals surface area contributed by atoms with Gasteiger partial charge in [-0.15, -0.1) is 0 Å². The van der Waals surface area contributed by atoms with Gasteiger partial charge < -0.3 is 9.47 Å². The lowest BCUT2D eigenvalue weighted by atomic mass is 9.97. The molecule has 4 heteroatoms. The van der Waals surface area contributed by atoms with Crippen LogP contribution in [0.3, 0.4) is 0 Å². The topological polar surface area (TPSA) is 38.1 Å². The molecule has 0 saturated carbocycles. The molecule has 2 heterocycles. The van der Waals surface area contributed by atoms with E-state index in [1.165, 1.54) is 22.3 Å². The number of carbonyl (C=O) groups excluding carboxylic acids is 1. The van der Waals surface area contributed by atoms with Crippen molar-refractivity contribution in [1.82, 2.24) is 9.55 Å². The lowest BCUT2D eigenvalue weighted by molar-refractivity contribution is -0.117. The zero-order valence-corrected chi connectivity index (χ0v) is 20.6. The van der Waals surface area contributed by atoms with E-state index in [1.807, 2.05) is 11.0 Å². The molecular formula is C30H33N3O. The van der Waals surface area contributed by atoms with Crippen LogP contribution < -0.4 is 4.90 Å². The van der Waals surface area contributed by atoms with Crippen LogP contribution in [0.25, 0.3) is 11.0 Å². The van der Waals surface area contributed by atoms with Gasteiger partial charge in [0.15, 0.2) is 0 Å². The van der Waals surface area contributed by atoms with Gasteiger partial charge in [0.1, 0.15) is 5.82 Å². The van der Waals surface area contributed by atoms with Gasteiger partial charge in [0.25, 0.3) is 0 Å². The number of fused-ring (bicyclic) bond motifs is 1. The second-order valence-corrected chi connectivity index (χ2v) is 9.85. The van der Waals surface area contributed by atoms with Crippen molar-refractivity contribution in [3.8, 4) is 0 Å². The molecule has 0 aliphatic carbocycles. The molecule has 0 spiro atoms. The molecule has 4 nitrogen and oxygen atoms in total. The normalized spacial score (nSPS) is 17.0. The number of hydrogen-bond donors (Lipinski definition) is 0. The maximum atomic E-state index is 13.1. The average molecular weight is 452 g/mol. The summed E-state index contributed by atoms with van der Waals surface area (Å²) in [5.74, 6) is 1.82. The molecule has 2 unspecified atom stereocenters. The molecule has 1 saturated heterocycles. The smallest absolute Gasteiger partial charge is 0.227 e. The summed E-state index contributed by atoms with van der Waals surface area (Å²) in [6.07, 6.45) is 1.63. The quantitative estimate of drug-likeness (QED) is 0.326. The fourth-order valence-electron chi connectivity index (χ4n) is 5.18. The molecule has 34 heavy (non-hydrogen) atoms. The summed E-state index contributed by atoms with van der Waals surface area (Å²) in [5.41, 5.74) is 8.11. The van der Waals surface area contributed by atoms with Crippen molar-refractivity contribution in [2.45, 2.75) is 58.9 Å². The van der Waals surface area contributed by atoms with Crippen LogP contribution in [0.4, 0.5) is 5.69 Å². The number of amides is 1. The summed E-state index contributed by atoms with van der Waals surface area (Å²) < 4.78 is 2.32. The van der Waals surface area contributed by atoms with Crippen molar-refractivity contribution in [2.75, 3.05) is 11.4 Å². The van der Waals surface area contributed by atoms with Crippen LogP contribution in [-0.4, -0.2) is 22.0 Å². The van der Waals surface area contributed by atoms with Crippen LogP contribution in [0.1, 0.15) is 66.6 Å². The van der Waals surface area contributed by atoms with E-state index < -0.39 is 0 Å². The summed E-state index contributed by atoms with van der Waals surface area (Å²) in [6.45, 7) is 10.1. The Morgan fingerprint density at radius 1 is 1.00 bits per heavy atom. The van der Waals surface area contributed by atoms with Crippen LogP contribution in [0, 0.1) is 13.8 Å². The number of anilines is 1. The van der Waals surface area contributed by atoms with Gasteiger partial charge in [-0.1, -0.05) is 56.3 Å². The second-order valence-electron chi connectivity index (χ2n) is 9.85. The molecule has 5 rings (SSSR count). The highest BCUT2D eigenvalue weighted by molar-refractivity contribution is 5.96. The number of aromatic nitrogens is 2. The number of imidazole rings is 1. The summed E-state index contributed by atoms with van der Waals surface area (Å²) in [6, 6.07) is 23.6. The van der Waals surface area contributed by atoms with E-state index in [9.17, 15) is 4.79 Å². The minimum absolute atomic E-state index is 0.0695. The molecule has 1 fully saturated rings. The SMILES string of the molecule is CCC(C)c1ccc(Cn2c(C3CC(=O)N(c4cc(C)cc(C)c4)C3)nc3ccccc32)cc1. The number of carbonyl (C=O) groups is 1. The van der Waals surface area contributed by atoms with Crippen molar-refractivity contribution in [2.24, 2.45) is 0 Å². The van der Waals surface area contributed by atoms with E-state index in [4.69, 9.17) is 4.98 Å². The number of rotatable bonds is 6. The van der Waals surface area contributed by atoms with E-state index in [2.05, 4.69) is 92.9 Å². The first-order valence-electron chi connectivity index (χ1n) is 12.4. The third-order valence-corrected chi connectivity index (χ3v) is 7.19. The predicted molar refractivity (Wildman–Crippen MR) is 140 cm³/mol. The molecule has 1 aliphatic heterocycles. The molecule has 1 amide bonds. The van der Waals surface area contributed by atoms with Gasteiger partial charge in [-0.3, -0.25) is 4.79 Å². The minimum Gasteiger partial charge on any atom is -0.323 e. The Kier molecular flexibility index (Phi) is 5.99. The fourth-order valence-corrected chi connectivity index (χ4v) is 5.18. The Balaban J connectivity index is 1.48. The number of hydrogen-bond acceptors (Lipinski definition) is 2. The van der Waals surface area contributed by atoms with E-state index in [0.717, 1.165) is 35.5 Å². The van der Waals surface area contributed by atoms with E-state index in [-0.39, 0.29) is 11.8 Å². The Bertz CT molecular complexity index is 1310. The van der Waals surface area contributed by atoms with E-state index in [1.54, 1.807) is 0 Å². The first kappa shape index (κ1) is 22.4. The monoisotopic (exact) mass is 451 g/mol.